The number of carbonyl (C=O) groups is 2. The summed E-state index contributed by atoms with van der Waals surface area (Å²) in [7, 11) is 0. The van der Waals surface area contributed by atoms with Crippen LogP contribution in [0.15, 0.2) is 36.7 Å². The molecule has 0 saturated heterocycles. The maximum atomic E-state index is 12.2. The number of nitrogens with one attached hydrogen (secondary N) is 1. The predicted molar refractivity (Wildman–Crippen MR) is 73.4 cm³/mol. The average molecular weight is 270 g/mol. The van der Waals surface area contributed by atoms with Crippen LogP contribution in [0.3, 0.4) is 0 Å². The van der Waals surface area contributed by atoms with Gasteiger partial charge in [-0.05, 0) is 18.2 Å². The van der Waals surface area contributed by atoms with Gasteiger partial charge in [0.15, 0.2) is 0 Å². The second-order valence-corrected chi connectivity index (χ2v) is 5.18. The number of pyridine rings is 1. The zero-order valence-electron chi connectivity index (χ0n) is 10.8. The van der Waals surface area contributed by atoms with Crippen LogP contribution in [-0.4, -0.2) is 28.5 Å². The smallest absolute Gasteiger partial charge is 0.311 e. The molecule has 0 spiro atoms. The monoisotopic (exact) mass is 270 g/mol. The number of carbonyl (C=O) groups excluding carboxylic acids is 1. The summed E-state index contributed by atoms with van der Waals surface area (Å²) >= 11 is 0. The summed E-state index contributed by atoms with van der Waals surface area (Å²) in [6.45, 7) is 0.171. The molecule has 2 N–H and O–H groups in total. The lowest BCUT2D eigenvalue weighted by Crippen LogP contribution is -2.34. The largest absolute Gasteiger partial charge is 0.481 e. The number of carboxylic acid groups (broad SMARTS) is 1. The molecule has 1 aliphatic carbocycles. The van der Waals surface area contributed by atoms with Gasteiger partial charge in [-0.3, -0.25) is 14.6 Å². The fourth-order valence-corrected chi connectivity index (χ4v) is 2.26. The molecule has 20 heavy (non-hydrogen) atoms. The Morgan fingerprint density at radius 2 is 2.00 bits per heavy atom. The molecule has 1 aromatic heterocycles. The highest BCUT2D eigenvalue weighted by Gasteiger charge is 2.50. The van der Waals surface area contributed by atoms with Crippen LogP contribution >= 0.6 is 0 Å². The first kappa shape index (κ1) is 12.6. The Morgan fingerprint density at radius 3 is 2.70 bits per heavy atom. The summed E-state index contributed by atoms with van der Waals surface area (Å²) in [6, 6.07) is 7.49. The van der Waals surface area contributed by atoms with Gasteiger partial charge in [0, 0.05) is 24.3 Å². The van der Waals surface area contributed by atoms with Crippen LogP contribution in [0.5, 0.6) is 0 Å². The van der Waals surface area contributed by atoms with Gasteiger partial charge in [0.05, 0.1) is 11.0 Å². The fourth-order valence-electron chi connectivity index (χ4n) is 2.26. The van der Waals surface area contributed by atoms with Gasteiger partial charge in [0.1, 0.15) is 0 Å². The van der Waals surface area contributed by atoms with E-state index in [0.717, 1.165) is 10.8 Å². The zero-order chi connectivity index (χ0) is 14.2. The molecular weight excluding hydrogens is 256 g/mol. The molecule has 1 saturated carbocycles. The Labute approximate surface area is 115 Å². The zero-order valence-corrected chi connectivity index (χ0v) is 10.8. The molecule has 5 nitrogen and oxygen atoms in total. The standard InChI is InChI=1S/C15H14N2O3/c18-13(17-9-15(5-6-15)14(19)20)12-8-16-7-10-3-1-2-4-11(10)12/h1-4,7-8H,5-6,9H2,(H,17,18)(H,19,20). The third-order valence-electron chi connectivity index (χ3n) is 3.81. The lowest BCUT2D eigenvalue weighted by Gasteiger charge is -2.12. The van der Waals surface area contributed by atoms with E-state index >= 15 is 0 Å². The van der Waals surface area contributed by atoms with E-state index in [2.05, 4.69) is 10.3 Å². The van der Waals surface area contributed by atoms with Crippen molar-refractivity contribution in [1.29, 1.82) is 0 Å². The van der Waals surface area contributed by atoms with Crippen LogP contribution in [0.4, 0.5) is 0 Å². The molecule has 102 valence electrons. The van der Waals surface area contributed by atoms with Gasteiger partial charge in [0.25, 0.3) is 5.91 Å². The number of hydrogen-bond donors (Lipinski definition) is 2. The minimum atomic E-state index is -0.839. The highest BCUT2D eigenvalue weighted by Crippen LogP contribution is 2.45. The van der Waals surface area contributed by atoms with E-state index in [1.54, 1.807) is 6.20 Å². The number of benzene rings is 1. The first-order valence-electron chi connectivity index (χ1n) is 6.47. The average Bonchev–Trinajstić information content (AvgIpc) is 3.25. The van der Waals surface area contributed by atoms with E-state index in [1.807, 2.05) is 24.3 Å². The molecule has 1 aliphatic rings. The second kappa shape index (κ2) is 4.59. The minimum absolute atomic E-state index is 0.171. The Kier molecular flexibility index (Phi) is 2.89. The summed E-state index contributed by atoms with van der Waals surface area (Å²) in [6.07, 6.45) is 4.45. The topological polar surface area (TPSA) is 79.3 Å². The van der Waals surface area contributed by atoms with Crippen molar-refractivity contribution in [1.82, 2.24) is 10.3 Å². The quantitative estimate of drug-likeness (QED) is 0.888. The Balaban J connectivity index is 1.81. The molecule has 1 heterocycles. The predicted octanol–water partition coefficient (Wildman–Crippen LogP) is 1.83. The van der Waals surface area contributed by atoms with Crippen LogP contribution in [0.2, 0.25) is 0 Å². The summed E-state index contributed by atoms with van der Waals surface area (Å²) < 4.78 is 0. The number of hydrogen-bond acceptors (Lipinski definition) is 3. The molecule has 0 unspecified atom stereocenters. The molecule has 0 aliphatic heterocycles. The highest BCUT2D eigenvalue weighted by atomic mass is 16.4. The highest BCUT2D eigenvalue weighted by molar-refractivity contribution is 6.06. The fraction of sp³-hybridized carbons (Fsp3) is 0.267. The molecule has 3 rings (SSSR count). The number of rotatable bonds is 4. The molecule has 2 aromatic rings. The summed E-state index contributed by atoms with van der Waals surface area (Å²) in [4.78, 5) is 27.3. The van der Waals surface area contributed by atoms with E-state index in [1.165, 1.54) is 6.20 Å². The van der Waals surface area contributed by atoms with E-state index in [0.29, 0.717) is 18.4 Å². The van der Waals surface area contributed by atoms with E-state index in [4.69, 9.17) is 5.11 Å². The van der Waals surface area contributed by atoms with Crippen LogP contribution in [0.25, 0.3) is 10.8 Å². The molecule has 1 amide bonds. The number of carboxylic acids is 1. The van der Waals surface area contributed by atoms with Crippen LogP contribution in [0.1, 0.15) is 23.2 Å². The first-order chi connectivity index (χ1) is 9.62. The third kappa shape index (κ3) is 2.11. The number of aromatic nitrogens is 1. The van der Waals surface area contributed by atoms with Gasteiger partial charge in [0.2, 0.25) is 0 Å². The van der Waals surface area contributed by atoms with Crippen molar-refractivity contribution >= 4 is 22.6 Å². The van der Waals surface area contributed by atoms with Crippen molar-refractivity contribution in [3.05, 3.63) is 42.2 Å². The van der Waals surface area contributed by atoms with Crippen molar-refractivity contribution < 1.29 is 14.7 Å². The molecule has 1 fully saturated rings. The number of nitrogens with zero attached hydrogens (tertiary/aromatic N) is 1. The maximum absolute atomic E-state index is 12.2. The Morgan fingerprint density at radius 1 is 1.25 bits per heavy atom. The SMILES string of the molecule is O=C(NCC1(C(=O)O)CC1)c1cncc2ccccc12. The van der Waals surface area contributed by atoms with Crippen molar-refractivity contribution in [2.45, 2.75) is 12.8 Å². The molecule has 0 atom stereocenters. The maximum Gasteiger partial charge on any atom is 0.311 e. The molecule has 0 bridgehead atoms. The van der Waals surface area contributed by atoms with Crippen LogP contribution in [0, 0.1) is 5.41 Å². The lowest BCUT2D eigenvalue weighted by atomic mass is 10.1. The normalized spacial score (nSPS) is 15.8. The number of fused-ring (bicyclic) bond motifs is 1. The van der Waals surface area contributed by atoms with E-state index in [9.17, 15) is 9.59 Å². The Hall–Kier alpha value is -2.43. The Bertz CT molecular complexity index is 687. The van der Waals surface area contributed by atoms with Gasteiger partial charge < -0.3 is 10.4 Å². The summed E-state index contributed by atoms with van der Waals surface area (Å²) in [5.41, 5.74) is -0.280. The van der Waals surface area contributed by atoms with Gasteiger partial charge in [-0.1, -0.05) is 24.3 Å². The van der Waals surface area contributed by atoms with Gasteiger partial charge in [-0.15, -0.1) is 0 Å². The summed E-state index contributed by atoms with van der Waals surface area (Å²) in [5, 5.41) is 13.5. The summed E-state index contributed by atoms with van der Waals surface area (Å²) in [5.74, 6) is -1.12. The molecular formula is C15H14N2O3. The second-order valence-electron chi connectivity index (χ2n) is 5.18. The molecule has 5 heteroatoms. The van der Waals surface area contributed by atoms with Crippen molar-refractivity contribution in [2.24, 2.45) is 5.41 Å². The van der Waals surface area contributed by atoms with Gasteiger partial charge in [-0.25, -0.2) is 0 Å². The van der Waals surface area contributed by atoms with Crippen molar-refractivity contribution in [2.75, 3.05) is 6.54 Å². The van der Waals surface area contributed by atoms with Crippen molar-refractivity contribution in [3.63, 3.8) is 0 Å². The van der Waals surface area contributed by atoms with E-state index < -0.39 is 11.4 Å². The number of aliphatic carboxylic acids is 1. The van der Waals surface area contributed by atoms with Crippen molar-refractivity contribution in [3.8, 4) is 0 Å². The van der Waals surface area contributed by atoms with Crippen LogP contribution < -0.4 is 5.32 Å². The molecule has 1 aromatic carbocycles. The van der Waals surface area contributed by atoms with E-state index in [-0.39, 0.29) is 12.5 Å². The lowest BCUT2D eigenvalue weighted by molar-refractivity contribution is -0.143. The van der Waals surface area contributed by atoms with Gasteiger partial charge in [-0.2, -0.15) is 0 Å². The van der Waals surface area contributed by atoms with Gasteiger partial charge >= 0.3 is 5.97 Å². The minimum Gasteiger partial charge on any atom is -0.481 e. The molecule has 0 radical (unpaired) electrons. The first-order valence-corrected chi connectivity index (χ1v) is 6.47. The third-order valence-corrected chi connectivity index (χ3v) is 3.81. The number of amides is 1. The van der Waals surface area contributed by atoms with Crippen LogP contribution in [-0.2, 0) is 4.79 Å².